The van der Waals surface area contributed by atoms with Gasteiger partial charge in [-0.3, -0.25) is 4.79 Å². The summed E-state index contributed by atoms with van der Waals surface area (Å²) in [6, 6.07) is 3.60. The van der Waals surface area contributed by atoms with Crippen molar-refractivity contribution in [2.75, 3.05) is 11.9 Å². The molecule has 0 unspecified atom stereocenters. The predicted octanol–water partition coefficient (Wildman–Crippen LogP) is 1.55. The molecule has 5 nitrogen and oxygen atoms in total. The van der Waals surface area contributed by atoms with E-state index in [1.54, 1.807) is 18.3 Å². The van der Waals surface area contributed by atoms with Crippen molar-refractivity contribution in [1.29, 1.82) is 0 Å². The molecule has 1 aliphatic carbocycles. The Morgan fingerprint density at radius 1 is 1.42 bits per heavy atom. The van der Waals surface area contributed by atoms with Crippen molar-refractivity contribution in [1.82, 2.24) is 10.3 Å². The first-order valence-corrected chi connectivity index (χ1v) is 6.89. The summed E-state index contributed by atoms with van der Waals surface area (Å²) in [5, 5.41) is 15.9. The molecule has 1 aromatic rings. The number of amides is 1. The Balaban J connectivity index is 1.96. The zero-order chi connectivity index (χ0) is 13.7. The lowest BCUT2D eigenvalue weighted by atomic mass is 9.92. The SMILES string of the molecule is CCNC(=O)c1ccc(N[C@H]2CCCC[C@@H]2O)nc1. The van der Waals surface area contributed by atoms with Crippen LogP contribution in [-0.2, 0) is 0 Å². The molecule has 0 bridgehead atoms. The maximum absolute atomic E-state index is 11.6. The van der Waals surface area contributed by atoms with Gasteiger partial charge in [0.25, 0.3) is 5.91 Å². The highest BCUT2D eigenvalue weighted by Crippen LogP contribution is 2.21. The number of rotatable bonds is 4. The number of hydrogen-bond acceptors (Lipinski definition) is 4. The summed E-state index contributed by atoms with van der Waals surface area (Å²) < 4.78 is 0. The highest BCUT2D eigenvalue weighted by atomic mass is 16.3. The van der Waals surface area contributed by atoms with Crippen molar-refractivity contribution >= 4 is 11.7 Å². The van der Waals surface area contributed by atoms with Gasteiger partial charge in [-0.15, -0.1) is 0 Å². The minimum Gasteiger partial charge on any atom is -0.391 e. The van der Waals surface area contributed by atoms with Gasteiger partial charge >= 0.3 is 0 Å². The number of aliphatic hydroxyl groups excluding tert-OH is 1. The molecule has 2 atom stereocenters. The standard InChI is InChI=1S/C14H21N3O2/c1-2-15-14(19)10-7-8-13(16-9-10)17-11-5-3-4-6-12(11)18/h7-9,11-12,18H,2-6H2,1H3,(H,15,19)(H,16,17)/t11-,12-/m0/s1. The van der Waals surface area contributed by atoms with Gasteiger partial charge in [0.15, 0.2) is 0 Å². The number of carbonyl (C=O) groups excluding carboxylic acids is 1. The van der Waals surface area contributed by atoms with Crippen LogP contribution in [0.15, 0.2) is 18.3 Å². The lowest BCUT2D eigenvalue weighted by Crippen LogP contribution is -2.36. The third kappa shape index (κ3) is 3.67. The second-order valence-corrected chi connectivity index (χ2v) is 4.89. The monoisotopic (exact) mass is 263 g/mol. The molecule has 104 valence electrons. The molecular formula is C14H21N3O2. The van der Waals surface area contributed by atoms with Gasteiger partial charge in [-0.2, -0.15) is 0 Å². The van der Waals surface area contributed by atoms with Crippen molar-refractivity contribution in [3.8, 4) is 0 Å². The Kier molecular flexibility index (Phi) is 4.74. The Bertz CT molecular complexity index is 419. The van der Waals surface area contributed by atoms with Crippen molar-refractivity contribution in [3.05, 3.63) is 23.9 Å². The highest BCUT2D eigenvalue weighted by molar-refractivity contribution is 5.93. The summed E-state index contributed by atoms with van der Waals surface area (Å²) in [7, 11) is 0. The van der Waals surface area contributed by atoms with E-state index in [0.717, 1.165) is 25.7 Å². The molecule has 1 saturated carbocycles. The quantitative estimate of drug-likeness (QED) is 0.770. The molecule has 0 radical (unpaired) electrons. The molecule has 1 aromatic heterocycles. The minimum atomic E-state index is -0.307. The number of pyridine rings is 1. The van der Waals surface area contributed by atoms with Gasteiger partial charge in [-0.05, 0) is 31.9 Å². The molecule has 0 saturated heterocycles. The Labute approximate surface area is 113 Å². The normalized spacial score (nSPS) is 22.8. The third-order valence-corrected chi connectivity index (χ3v) is 3.43. The van der Waals surface area contributed by atoms with Gasteiger partial charge in [0, 0.05) is 12.7 Å². The maximum atomic E-state index is 11.6. The third-order valence-electron chi connectivity index (χ3n) is 3.43. The zero-order valence-electron chi connectivity index (χ0n) is 11.2. The smallest absolute Gasteiger partial charge is 0.252 e. The first-order valence-electron chi connectivity index (χ1n) is 6.89. The van der Waals surface area contributed by atoms with Crippen LogP contribution in [0.25, 0.3) is 0 Å². The van der Waals surface area contributed by atoms with Crippen molar-refractivity contribution in [2.45, 2.75) is 44.8 Å². The summed E-state index contributed by atoms with van der Waals surface area (Å²) in [6.07, 6.45) is 5.27. The number of aliphatic hydroxyl groups is 1. The molecular weight excluding hydrogens is 242 g/mol. The van der Waals surface area contributed by atoms with Crippen molar-refractivity contribution in [3.63, 3.8) is 0 Å². The topological polar surface area (TPSA) is 74.2 Å². The number of carbonyl (C=O) groups is 1. The van der Waals surface area contributed by atoms with Gasteiger partial charge in [-0.25, -0.2) is 4.98 Å². The molecule has 2 rings (SSSR count). The van der Waals surface area contributed by atoms with Gasteiger partial charge in [-0.1, -0.05) is 12.8 Å². The number of aromatic nitrogens is 1. The van der Waals surface area contributed by atoms with Crippen LogP contribution in [-0.4, -0.2) is 34.7 Å². The molecule has 3 N–H and O–H groups in total. The molecule has 5 heteroatoms. The van der Waals surface area contributed by atoms with Gasteiger partial charge in [0.05, 0.1) is 17.7 Å². The molecule has 1 fully saturated rings. The molecule has 1 amide bonds. The molecule has 0 aromatic carbocycles. The fraction of sp³-hybridized carbons (Fsp3) is 0.571. The second kappa shape index (κ2) is 6.52. The average molecular weight is 263 g/mol. The summed E-state index contributed by atoms with van der Waals surface area (Å²) in [6.45, 7) is 2.48. The van der Waals surface area contributed by atoms with Crippen LogP contribution >= 0.6 is 0 Å². The van der Waals surface area contributed by atoms with Crippen LogP contribution in [0.3, 0.4) is 0 Å². The van der Waals surface area contributed by atoms with Gasteiger partial charge in [0.1, 0.15) is 5.82 Å². The summed E-state index contributed by atoms with van der Waals surface area (Å²) >= 11 is 0. The number of hydrogen-bond donors (Lipinski definition) is 3. The summed E-state index contributed by atoms with van der Waals surface area (Å²) in [5.41, 5.74) is 0.552. The lowest BCUT2D eigenvalue weighted by molar-refractivity contribution is 0.0955. The molecule has 1 heterocycles. The van der Waals surface area contributed by atoms with E-state index in [-0.39, 0.29) is 18.1 Å². The molecule has 0 spiro atoms. The number of anilines is 1. The first kappa shape index (κ1) is 13.8. The minimum absolute atomic E-state index is 0.0663. The Hall–Kier alpha value is -1.62. The number of nitrogens with one attached hydrogen (secondary N) is 2. The largest absolute Gasteiger partial charge is 0.391 e. The van der Waals surface area contributed by atoms with Crippen LogP contribution in [0.1, 0.15) is 43.0 Å². The molecule has 19 heavy (non-hydrogen) atoms. The van der Waals surface area contributed by atoms with E-state index in [4.69, 9.17) is 0 Å². The van der Waals surface area contributed by atoms with Crippen LogP contribution in [0, 0.1) is 0 Å². The van der Waals surface area contributed by atoms with Crippen LogP contribution < -0.4 is 10.6 Å². The average Bonchev–Trinajstić information content (AvgIpc) is 2.42. The van der Waals surface area contributed by atoms with Crippen LogP contribution in [0.2, 0.25) is 0 Å². The zero-order valence-corrected chi connectivity index (χ0v) is 11.2. The number of nitrogens with zero attached hydrogens (tertiary/aromatic N) is 1. The van der Waals surface area contributed by atoms with Crippen molar-refractivity contribution in [2.24, 2.45) is 0 Å². The van der Waals surface area contributed by atoms with E-state index in [9.17, 15) is 9.90 Å². The fourth-order valence-corrected chi connectivity index (χ4v) is 2.35. The van der Waals surface area contributed by atoms with Gasteiger partial charge < -0.3 is 15.7 Å². The second-order valence-electron chi connectivity index (χ2n) is 4.89. The first-order chi connectivity index (χ1) is 9.20. The molecule has 1 aliphatic rings. The summed E-state index contributed by atoms with van der Waals surface area (Å²) in [5.74, 6) is 0.596. The van der Waals surface area contributed by atoms with Gasteiger partial charge in [0.2, 0.25) is 0 Å². The summed E-state index contributed by atoms with van der Waals surface area (Å²) in [4.78, 5) is 15.8. The van der Waals surface area contributed by atoms with Crippen LogP contribution in [0.5, 0.6) is 0 Å². The van der Waals surface area contributed by atoms with E-state index in [2.05, 4.69) is 15.6 Å². The van der Waals surface area contributed by atoms with E-state index < -0.39 is 0 Å². The van der Waals surface area contributed by atoms with E-state index >= 15 is 0 Å². The lowest BCUT2D eigenvalue weighted by Gasteiger charge is -2.28. The predicted molar refractivity (Wildman–Crippen MR) is 74.1 cm³/mol. The molecule has 0 aliphatic heterocycles. The van der Waals surface area contributed by atoms with E-state index in [0.29, 0.717) is 17.9 Å². The Morgan fingerprint density at radius 3 is 2.84 bits per heavy atom. The highest BCUT2D eigenvalue weighted by Gasteiger charge is 2.22. The fourth-order valence-electron chi connectivity index (χ4n) is 2.35. The van der Waals surface area contributed by atoms with E-state index in [1.807, 2.05) is 6.92 Å². The maximum Gasteiger partial charge on any atom is 0.252 e. The Morgan fingerprint density at radius 2 is 2.21 bits per heavy atom. The van der Waals surface area contributed by atoms with Crippen molar-refractivity contribution < 1.29 is 9.90 Å². The van der Waals surface area contributed by atoms with Crippen LogP contribution in [0.4, 0.5) is 5.82 Å². The van der Waals surface area contributed by atoms with E-state index in [1.165, 1.54) is 0 Å².